The van der Waals surface area contributed by atoms with Crippen LogP contribution in [0.4, 0.5) is 0 Å². The van der Waals surface area contributed by atoms with Crippen LogP contribution in [0.3, 0.4) is 0 Å². The molecule has 0 bridgehead atoms. The number of hydrogen-bond acceptors (Lipinski definition) is 3. The van der Waals surface area contributed by atoms with Crippen LogP contribution < -0.4 is 10.1 Å². The molecular weight excluding hydrogens is 206 g/mol. The van der Waals surface area contributed by atoms with Gasteiger partial charge in [0, 0.05) is 22.6 Å². The maximum Gasteiger partial charge on any atom is 0.119 e. The molecule has 1 heterocycles. The normalized spacial score (nSPS) is 23.9. The third-order valence-corrected chi connectivity index (χ3v) is 4.23. The van der Waals surface area contributed by atoms with E-state index in [0.29, 0.717) is 11.2 Å². The van der Waals surface area contributed by atoms with Gasteiger partial charge in [0.25, 0.3) is 0 Å². The van der Waals surface area contributed by atoms with E-state index in [1.165, 1.54) is 10.5 Å². The second-order valence-electron chi connectivity index (χ2n) is 3.89. The van der Waals surface area contributed by atoms with E-state index in [1.807, 2.05) is 18.8 Å². The lowest BCUT2D eigenvalue weighted by molar-refractivity contribution is 0.413. The second-order valence-corrected chi connectivity index (χ2v) is 5.31. The van der Waals surface area contributed by atoms with Gasteiger partial charge < -0.3 is 10.1 Å². The zero-order valence-electron chi connectivity index (χ0n) is 9.41. The Morgan fingerprint density at radius 3 is 2.93 bits per heavy atom. The van der Waals surface area contributed by atoms with E-state index in [2.05, 4.69) is 30.4 Å². The zero-order valence-corrected chi connectivity index (χ0v) is 10.2. The van der Waals surface area contributed by atoms with Crippen LogP contribution in [0.2, 0.25) is 0 Å². The van der Waals surface area contributed by atoms with Gasteiger partial charge in [-0.1, -0.05) is 13.0 Å². The van der Waals surface area contributed by atoms with Gasteiger partial charge >= 0.3 is 0 Å². The Bertz CT molecular complexity index is 353. The number of rotatable bonds is 3. The number of thioether (sulfide) groups is 1. The van der Waals surface area contributed by atoms with Gasteiger partial charge in [-0.3, -0.25) is 0 Å². The van der Waals surface area contributed by atoms with Crippen molar-refractivity contribution >= 4 is 11.8 Å². The quantitative estimate of drug-likeness (QED) is 0.850. The first-order valence-electron chi connectivity index (χ1n) is 5.25. The molecule has 1 N–H and O–H groups in total. The number of methoxy groups -OCH3 is 1. The van der Waals surface area contributed by atoms with Crippen LogP contribution in [0.5, 0.6) is 5.75 Å². The molecule has 0 spiro atoms. The van der Waals surface area contributed by atoms with E-state index >= 15 is 0 Å². The van der Waals surface area contributed by atoms with Crippen LogP contribution in [-0.4, -0.2) is 26.0 Å². The molecule has 0 saturated carbocycles. The van der Waals surface area contributed by atoms with Crippen molar-refractivity contribution in [1.82, 2.24) is 5.32 Å². The van der Waals surface area contributed by atoms with Crippen molar-refractivity contribution in [2.24, 2.45) is 0 Å². The van der Waals surface area contributed by atoms with Crippen LogP contribution in [0.1, 0.15) is 18.4 Å². The van der Waals surface area contributed by atoms with Crippen LogP contribution >= 0.6 is 11.8 Å². The monoisotopic (exact) mass is 223 g/mol. The fourth-order valence-corrected chi connectivity index (χ4v) is 3.43. The summed E-state index contributed by atoms with van der Waals surface area (Å²) in [6, 6.07) is 6.40. The maximum atomic E-state index is 5.24. The topological polar surface area (TPSA) is 21.3 Å². The van der Waals surface area contributed by atoms with E-state index in [4.69, 9.17) is 4.74 Å². The van der Waals surface area contributed by atoms with Gasteiger partial charge in [0.15, 0.2) is 0 Å². The van der Waals surface area contributed by atoms with Crippen LogP contribution in [0.15, 0.2) is 23.1 Å². The highest BCUT2D eigenvalue weighted by molar-refractivity contribution is 8.00. The van der Waals surface area contributed by atoms with E-state index in [-0.39, 0.29) is 0 Å². The largest absolute Gasteiger partial charge is 0.497 e. The van der Waals surface area contributed by atoms with E-state index in [0.717, 1.165) is 12.3 Å². The molecule has 2 atom stereocenters. The lowest BCUT2D eigenvalue weighted by Crippen LogP contribution is -2.21. The first-order valence-corrected chi connectivity index (χ1v) is 6.13. The third kappa shape index (κ3) is 1.99. The SMILES string of the molecule is CNCC1c2ccc(OC)cc2SC1C. The van der Waals surface area contributed by atoms with Crippen molar-refractivity contribution in [3.8, 4) is 5.75 Å². The summed E-state index contributed by atoms with van der Waals surface area (Å²) in [5, 5.41) is 3.92. The summed E-state index contributed by atoms with van der Waals surface area (Å²) in [5.41, 5.74) is 1.46. The number of fused-ring (bicyclic) bond motifs is 1. The Labute approximate surface area is 95.4 Å². The summed E-state index contributed by atoms with van der Waals surface area (Å²) < 4.78 is 5.24. The molecule has 3 heteroatoms. The standard InChI is InChI=1S/C12H17NOS/c1-8-11(7-13-2)10-5-4-9(14-3)6-12(10)15-8/h4-6,8,11,13H,7H2,1-3H3. The average Bonchev–Trinajstić information content (AvgIpc) is 2.55. The predicted octanol–water partition coefficient (Wildman–Crippen LogP) is 2.49. The molecule has 82 valence electrons. The lowest BCUT2D eigenvalue weighted by Gasteiger charge is -2.14. The fraction of sp³-hybridized carbons (Fsp3) is 0.500. The van der Waals surface area contributed by atoms with Crippen molar-refractivity contribution in [3.63, 3.8) is 0 Å². The summed E-state index contributed by atoms with van der Waals surface area (Å²) in [6.45, 7) is 3.34. The number of nitrogens with one attached hydrogen (secondary N) is 1. The van der Waals surface area contributed by atoms with E-state index < -0.39 is 0 Å². The Morgan fingerprint density at radius 2 is 2.27 bits per heavy atom. The van der Waals surface area contributed by atoms with Gasteiger partial charge in [-0.25, -0.2) is 0 Å². The van der Waals surface area contributed by atoms with Gasteiger partial charge in [0.2, 0.25) is 0 Å². The molecule has 1 aromatic carbocycles. The molecule has 1 aliphatic rings. The Hall–Kier alpha value is -0.670. The summed E-state index contributed by atoms with van der Waals surface area (Å²) in [5.74, 6) is 1.58. The summed E-state index contributed by atoms with van der Waals surface area (Å²) in [7, 11) is 3.73. The summed E-state index contributed by atoms with van der Waals surface area (Å²) >= 11 is 1.95. The Balaban J connectivity index is 2.30. The Kier molecular flexibility index (Phi) is 3.22. The number of benzene rings is 1. The summed E-state index contributed by atoms with van der Waals surface area (Å²) in [4.78, 5) is 1.38. The molecule has 2 unspecified atom stereocenters. The molecule has 2 rings (SSSR count). The van der Waals surface area contributed by atoms with Crippen LogP contribution in [0, 0.1) is 0 Å². The van der Waals surface area contributed by atoms with Gasteiger partial charge in [-0.05, 0) is 24.7 Å². The van der Waals surface area contributed by atoms with Crippen LogP contribution in [0.25, 0.3) is 0 Å². The Morgan fingerprint density at radius 1 is 1.47 bits per heavy atom. The molecule has 0 aliphatic carbocycles. The number of likely N-dealkylation sites (N-methyl/N-ethyl adjacent to an activating group) is 1. The van der Waals surface area contributed by atoms with Crippen molar-refractivity contribution in [2.75, 3.05) is 20.7 Å². The predicted molar refractivity (Wildman–Crippen MR) is 65.0 cm³/mol. The van der Waals surface area contributed by atoms with Gasteiger partial charge in [-0.15, -0.1) is 11.8 Å². The average molecular weight is 223 g/mol. The molecule has 1 aromatic rings. The first-order chi connectivity index (χ1) is 7.26. The van der Waals surface area contributed by atoms with Gasteiger partial charge in [-0.2, -0.15) is 0 Å². The molecule has 0 radical (unpaired) electrons. The molecule has 0 aromatic heterocycles. The smallest absolute Gasteiger partial charge is 0.119 e. The summed E-state index contributed by atoms with van der Waals surface area (Å²) in [6.07, 6.45) is 0. The third-order valence-electron chi connectivity index (χ3n) is 2.92. The molecule has 0 saturated heterocycles. The molecule has 0 fully saturated rings. The van der Waals surface area contributed by atoms with E-state index in [9.17, 15) is 0 Å². The maximum absolute atomic E-state index is 5.24. The minimum Gasteiger partial charge on any atom is -0.497 e. The highest BCUT2D eigenvalue weighted by Crippen LogP contribution is 2.46. The molecule has 2 nitrogen and oxygen atoms in total. The minimum atomic E-state index is 0.626. The van der Waals surface area contributed by atoms with Gasteiger partial charge in [0.05, 0.1) is 7.11 Å². The highest BCUT2D eigenvalue weighted by Gasteiger charge is 2.29. The van der Waals surface area contributed by atoms with Crippen molar-refractivity contribution < 1.29 is 4.74 Å². The van der Waals surface area contributed by atoms with Crippen molar-refractivity contribution in [3.05, 3.63) is 23.8 Å². The molecule has 0 amide bonds. The second kappa shape index (κ2) is 4.45. The minimum absolute atomic E-state index is 0.626. The van der Waals surface area contributed by atoms with Gasteiger partial charge in [0.1, 0.15) is 5.75 Å². The van der Waals surface area contributed by atoms with Crippen molar-refractivity contribution in [2.45, 2.75) is 23.0 Å². The number of ether oxygens (including phenoxy) is 1. The fourth-order valence-electron chi connectivity index (χ4n) is 2.08. The number of hydrogen-bond donors (Lipinski definition) is 1. The zero-order chi connectivity index (χ0) is 10.8. The molecular formula is C12H17NOS. The molecule has 1 aliphatic heterocycles. The molecule has 15 heavy (non-hydrogen) atoms. The lowest BCUT2D eigenvalue weighted by atomic mass is 9.96. The van der Waals surface area contributed by atoms with E-state index in [1.54, 1.807) is 7.11 Å². The first kappa shape index (κ1) is 10.8. The highest BCUT2D eigenvalue weighted by atomic mass is 32.2. The van der Waals surface area contributed by atoms with Crippen molar-refractivity contribution in [1.29, 1.82) is 0 Å². The van der Waals surface area contributed by atoms with Crippen LogP contribution in [-0.2, 0) is 0 Å².